The fraction of sp³-hybridized carbons (Fsp3) is 0.739. The van der Waals surface area contributed by atoms with Crippen molar-refractivity contribution >= 4 is 16.1 Å². The SMILES string of the molecule is C[C@@H]1C[C@H](NS(C)(=O)=O)[C@@H]2COC3CCC(CC3)c3ccc(C(F)(F)F)c(n3)OCCCOC(=O)N12. The minimum Gasteiger partial charge on any atom is -0.477 e. The average molecular weight is 536 g/mol. The van der Waals surface area contributed by atoms with Crippen LogP contribution >= 0.6 is 0 Å². The Bertz CT molecular complexity index is 1050. The highest BCUT2D eigenvalue weighted by atomic mass is 32.2. The number of pyridine rings is 1. The number of nitrogens with zero attached hydrogens (tertiary/aromatic N) is 2. The van der Waals surface area contributed by atoms with Gasteiger partial charge in [-0.2, -0.15) is 13.2 Å². The monoisotopic (exact) mass is 535 g/mol. The zero-order valence-corrected chi connectivity index (χ0v) is 21.1. The number of sulfonamides is 1. The molecule has 1 aliphatic carbocycles. The van der Waals surface area contributed by atoms with E-state index in [1.165, 1.54) is 11.0 Å². The maximum Gasteiger partial charge on any atom is 0.421 e. The van der Waals surface area contributed by atoms with Gasteiger partial charge < -0.3 is 14.2 Å². The van der Waals surface area contributed by atoms with Crippen LogP contribution in [0, 0.1) is 0 Å². The van der Waals surface area contributed by atoms with E-state index in [2.05, 4.69) is 9.71 Å². The second-order valence-electron chi connectivity index (χ2n) is 9.77. The van der Waals surface area contributed by atoms with E-state index in [0.717, 1.165) is 12.3 Å². The lowest BCUT2D eigenvalue weighted by Crippen LogP contribution is -2.50. The number of amides is 1. The summed E-state index contributed by atoms with van der Waals surface area (Å²) in [5.74, 6) is -0.477. The molecule has 4 heterocycles. The molecule has 0 spiro atoms. The summed E-state index contributed by atoms with van der Waals surface area (Å²) < 4.78 is 83.9. The van der Waals surface area contributed by atoms with Crippen molar-refractivity contribution in [3.8, 4) is 5.88 Å². The Labute approximate surface area is 208 Å². The number of hydrogen-bond donors (Lipinski definition) is 1. The molecule has 2 fully saturated rings. The summed E-state index contributed by atoms with van der Waals surface area (Å²) in [5, 5.41) is 0. The lowest BCUT2D eigenvalue weighted by atomic mass is 9.85. The van der Waals surface area contributed by atoms with Crippen molar-refractivity contribution in [1.29, 1.82) is 0 Å². The van der Waals surface area contributed by atoms with E-state index >= 15 is 0 Å². The molecule has 1 amide bonds. The Kier molecular flexibility index (Phi) is 8.01. The predicted molar refractivity (Wildman–Crippen MR) is 123 cm³/mol. The summed E-state index contributed by atoms with van der Waals surface area (Å²) in [6, 6.07) is 1.07. The van der Waals surface area contributed by atoms with Crippen LogP contribution < -0.4 is 9.46 Å². The molecule has 36 heavy (non-hydrogen) atoms. The Morgan fingerprint density at radius 1 is 1.11 bits per heavy atom. The molecule has 0 radical (unpaired) electrons. The molecule has 13 heteroatoms. The first-order valence-corrected chi connectivity index (χ1v) is 14.1. The third-order valence-electron chi connectivity index (χ3n) is 7.00. The number of rotatable bonds is 2. The van der Waals surface area contributed by atoms with Gasteiger partial charge in [0.25, 0.3) is 0 Å². The van der Waals surface area contributed by atoms with Crippen LogP contribution in [0.25, 0.3) is 0 Å². The molecule has 3 atom stereocenters. The molecule has 9 nitrogen and oxygen atoms in total. The van der Waals surface area contributed by atoms with Crippen LogP contribution in [0.4, 0.5) is 18.0 Å². The predicted octanol–water partition coefficient (Wildman–Crippen LogP) is 3.44. The molecule has 1 aromatic rings. The van der Waals surface area contributed by atoms with Gasteiger partial charge in [0.15, 0.2) is 0 Å². The van der Waals surface area contributed by atoms with Gasteiger partial charge in [0.2, 0.25) is 15.9 Å². The molecule has 1 aromatic heterocycles. The van der Waals surface area contributed by atoms with Gasteiger partial charge in [0.05, 0.1) is 38.2 Å². The van der Waals surface area contributed by atoms with Crippen molar-refractivity contribution in [3.63, 3.8) is 0 Å². The standard InChI is InChI=1S/C23H32F3N3O6S/c1-14-12-19(28-36(2,31)32)20-13-35-16-6-4-15(5-7-16)18-9-8-17(23(24,25)26)21(27-18)33-10-3-11-34-22(30)29(14)20/h8-9,14-16,19-20,28H,3-7,10-13H2,1-2H3/t14-,15?,16?,19+,20+/m1/s1. The molecular weight excluding hydrogens is 503 g/mol. The highest BCUT2D eigenvalue weighted by Crippen LogP contribution is 2.39. The van der Waals surface area contributed by atoms with Gasteiger partial charge in [-0.1, -0.05) is 0 Å². The number of nitrogens with one attached hydrogen (secondary N) is 1. The number of alkyl halides is 3. The maximum absolute atomic E-state index is 13.5. The zero-order valence-electron chi connectivity index (χ0n) is 20.3. The number of halogens is 3. The lowest BCUT2D eigenvalue weighted by Gasteiger charge is -2.33. The number of ether oxygens (including phenoxy) is 3. The topological polar surface area (TPSA) is 107 Å². The number of carbonyl (C=O) groups excluding carboxylic acids is 1. The fourth-order valence-electron chi connectivity index (χ4n) is 5.30. The number of fused-ring (bicyclic) bond motifs is 8. The first-order chi connectivity index (χ1) is 16.9. The van der Waals surface area contributed by atoms with Crippen LogP contribution in [0.3, 0.4) is 0 Å². The van der Waals surface area contributed by atoms with Gasteiger partial charge in [-0.3, -0.25) is 4.90 Å². The molecule has 4 aliphatic rings. The van der Waals surface area contributed by atoms with E-state index < -0.39 is 45.8 Å². The average Bonchev–Trinajstić information content (AvgIpc) is 3.09. The summed E-state index contributed by atoms with van der Waals surface area (Å²) >= 11 is 0. The zero-order chi connectivity index (χ0) is 26.1. The summed E-state index contributed by atoms with van der Waals surface area (Å²) in [6.07, 6.45) is -1.00. The Morgan fingerprint density at radius 3 is 2.47 bits per heavy atom. The van der Waals surface area contributed by atoms with Crippen LogP contribution in [-0.4, -0.2) is 74.7 Å². The maximum atomic E-state index is 13.5. The molecule has 4 bridgehead atoms. The van der Waals surface area contributed by atoms with Crippen molar-refractivity contribution in [1.82, 2.24) is 14.6 Å². The highest BCUT2D eigenvalue weighted by Gasteiger charge is 2.44. The van der Waals surface area contributed by atoms with Crippen molar-refractivity contribution in [3.05, 3.63) is 23.4 Å². The molecule has 1 N–H and O–H groups in total. The minimum absolute atomic E-state index is 0.0160. The van der Waals surface area contributed by atoms with Gasteiger partial charge in [-0.25, -0.2) is 22.9 Å². The molecule has 0 aromatic carbocycles. The first kappa shape index (κ1) is 26.9. The van der Waals surface area contributed by atoms with Crippen LogP contribution in [0.5, 0.6) is 5.88 Å². The van der Waals surface area contributed by atoms with Crippen LogP contribution in [0.2, 0.25) is 0 Å². The van der Waals surface area contributed by atoms with Gasteiger partial charge in [-0.15, -0.1) is 0 Å². The Hall–Kier alpha value is -2.12. The van der Waals surface area contributed by atoms with Crippen molar-refractivity contribution in [2.75, 3.05) is 26.1 Å². The van der Waals surface area contributed by atoms with E-state index in [0.29, 0.717) is 37.8 Å². The quantitative estimate of drug-likeness (QED) is 0.618. The summed E-state index contributed by atoms with van der Waals surface area (Å²) in [4.78, 5) is 18.6. The molecule has 0 unspecified atom stereocenters. The van der Waals surface area contributed by atoms with Crippen molar-refractivity contribution in [2.24, 2.45) is 0 Å². The summed E-state index contributed by atoms with van der Waals surface area (Å²) in [7, 11) is -3.51. The van der Waals surface area contributed by atoms with Crippen LogP contribution in [0.1, 0.15) is 62.6 Å². The third-order valence-corrected chi connectivity index (χ3v) is 7.73. The second-order valence-corrected chi connectivity index (χ2v) is 11.5. The molecule has 5 rings (SSSR count). The van der Waals surface area contributed by atoms with Gasteiger partial charge in [0.1, 0.15) is 5.56 Å². The summed E-state index contributed by atoms with van der Waals surface area (Å²) in [6.45, 7) is 1.77. The number of carbonyl (C=O) groups is 1. The van der Waals surface area contributed by atoms with E-state index in [-0.39, 0.29) is 44.3 Å². The van der Waals surface area contributed by atoms with Gasteiger partial charge in [-0.05, 0) is 51.2 Å². The molecular formula is C23H32F3N3O6S. The van der Waals surface area contributed by atoms with E-state index in [1.807, 2.05) is 6.92 Å². The van der Waals surface area contributed by atoms with E-state index in [4.69, 9.17) is 14.2 Å². The fourth-order valence-corrected chi connectivity index (χ4v) is 6.11. The molecule has 202 valence electrons. The van der Waals surface area contributed by atoms with Crippen molar-refractivity contribution < 1.29 is 40.6 Å². The van der Waals surface area contributed by atoms with Gasteiger partial charge in [0, 0.05) is 30.1 Å². The van der Waals surface area contributed by atoms with Crippen molar-refractivity contribution in [2.45, 2.75) is 81.8 Å². The largest absolute Gasteiger partial charge is 0.477 e. The summed E-state index contributed by atoms with van der Waals surface area (Å²) in [5.41, 5.74) is -0.378. The normalized spacial score (nSPS) is 30.3. The Morgan fingerprint density at radius 2 is 1.81 bits per heavy atom. The second kappa shape index (κ2) is 10.7. The first-order valence-electron chi connectivity index (χ1n) is 12.2. The number of aromatic nitrogens is 1. The smallest absolute Gasteiger partial charge is 0.421 e. The third kappa shape index (κ3) is 6.41. The number of hydrogen-bond acceptors (Lipinski definition) is 7. The molecule has 3 aliphatic heterocycles. The highest BCUT2D eigenvalue weighted by molar-refractivity contribution is 7.88. The Balaban J connectivity index is 1.55. The van der Waals surface area contributed by atoms with E-state index in [1.54, 1.807) is 0 Å². The van der Waals surface area contributed by atoms with Crippen LogP contribution in [0.15, 0.2) is 12.1 Å². The minimum atomic E-state index is -4.60. The van der Waals surface area contributed by atoms with E-state index in [9.17, 15) is 26.4 Å². The van der Waals surface area contributed by atoms with Crippen LogP contribution in [-0.2, 0) is 25.7 Å². The molecule has 1 saturated carbocycles. The lowest BCUT2D eigenvalue weighted by molar-refractivity contribution is -0.139. The van der Waals surface area contributed by atoms with Gasteiger partial charge >= 0.3 is 12.3 Å². The molecule has 1 saturated heterocycles.